The fourth-order valence-corrected chi connectivity index (χ4v) is 4.96. The number of methoxy groups -OCH3 is 1. The first-order chi connectivity index (χ1) is 15.1. The van der Waals surface area contributed by atoms with Crippen LogP contribution in [0.1, 0.15) is 51.4 Å². The first-order valence-electron chi connectivity index (χ1n) is 11.4. The van der Waals surface area contributed by atoms with Crippen LogP contribution in [-0.4, -0.2) is 55.0 Å². The van der Waals surface area contributed by atoms with E-state index < -0.39 is 0 Å². The molecule has 2 heterocycles. The van der Waals surface area contributed by atoms with Crippen molar-refractivity contribution in [3.05, 3.63) is 24.4 Å². The molecule has 7 nitrogen and oxygen atoms in total. The molecule has 0 atom stereocenters. The Kier molecular flexibility index (Phi) is 6.80. The predicted octanol–water partition coefficient (Wildman–Crippen LogP) is 3.63. The van der Waals surface area contributed by atoms with Gasteiger partial charge in [0.1, 0.15) is 18.1 Å². The normalized spacial score (nSPS) is 18.3. The lowest BCUT2D eigenvalue weighted by atomic mass is 9.76. The molecule has 168 valence electrons. The molecule has 4 rings (SSSR count). The highest BCUT2D eigenvalue weighted by Crippen LogP contribution is 2.46. The molecule has 1 aliphatic heterocycles. The fraction of sp³-hybridized carbons (Fsp3) is 0.583. The van der Waals surface area contributed by atoms with Crippen molar-refractivity contribution in [3.63, 3.8) is 0 Å². The largest absolute Gasteiger partial charge is 0.497 e. The highest BCUT2D eigenvalue weighted by molar-refractivity contribution is 5.98. The molecule has 7 heteroatoms. The van der Waals surface area contributed by atoms with Crippen LogP contribution in [0.15, 0.2) is 24.4 Å². The SMILES string of the molecule is COc1ccc2[nH]cc(OCCNCCCCN3C(=O)CC4(CCCC4)CC3=O)c2c1. The predicted molar refractivity (Wildman–Crippen MR) is 119 cm³/mol. The number of piperidine rings is 1. The minimum absolute atomic E-state index is 0.0118. The zero-order valence-corrected chi connectivity index (χ0v) is 18.4. The van der Waals surface area contributed by atoms with Crippen LogP contribution in [0.2, 0.25) is 0 Å². The highest BCUT2D eigenvalue weighted by atomic mass is 16.5. The molecule has 1 saturated heterocycles. The number of unbranched alkanes of at least 4 members (excludes halogenated alkanes) is 1. The number of H-pyrrole nitrogens is 1. The van der Waals surface area contributed by atoms with Crippen molar-refractivity contribution in [3.8, 4) is 11.5 Å². The molecule has 31 heavy (non-hydrogen) atoms. The van der Waals surface area contributed by atoms with Crippen LogP contribution in [0.25, 0.3) is 10.9 Å². The maximum Gasteiger partial charge on any atom is 0.229 e. The van der Waals surface area contributed by atoms with Gasteiger partial charge in [0.15, 0.2) is 0 Å². The van der Waals surface area contributed by atoms with Gasteiger partial charge in [-0.1, -0.05) is 12.8 Å². The summed E-state index contributed by atoms with van der Waals surface area (Å²) in [6, 6.07) is 5.86. The summed E-state index contributed by atoms with van der Waals surface area (Å²) in [5, 5.41) is 4.38. The Bertz CT molecular complexity index is 897. The third kappa shape index (κ3) is 5.03. The number of amides is 2. The smallest absolute Gasteiger partial charge is 0.229 e. The molecule has 1 spiro atoms. The van der Waals surface area contributed by atoms with E-state index in [9.17, 15) is 9.59 Å². The van der Waals surface area contributed by atoms with Crippen LogP contribution in [0.3, 0.4) is 0 Å². The molecule has 2 fully saturated rings. The number of benzene rings is 1. The number of imide groups is 1. The number of aromatic nitrogens is 1. The molecule has 0 bridgehead atoms. The lowest BCUT2D eigenvalue weighted by Gasteiger charge is -2.37. The van der Waals surface area contributed by atoms with Crippen molar-refractivity contribution >= 4 is 22.7 Å². The minimum Gasteiger partial charge on any atom is -0.497 e. The number of fused-ring (bicyclic) bond motifs is 1. The van der Waals surface area contributed by atoms with Gasteiger partial charge in [-0.05, 0) is 55.8 Å². The van der Waals surface area contributed by atoms with Gasteiger partial charge in [-0.3, -0.25) is 14.5 Å². The maximum absolute atomic E-state index is 12.5. The Morgan fingerprint density at radius 2 is 1.87 bits per heavy atom. The van der Waals surface area contributed by atoms with Gasteiger partial charge in [-0.15, -0.1) is 0 Å². The van der Waals surface area contributed by atoms with Crippen LogP contribution in [0, 0.1) is 5.41 Å². The van der Waals surface area contributed by atoms with E-state index in [-0.39, 0.29) is 17.2 Å². The van der Waals surface area contributed by atoms with E-state index in [1.54, 1.807) is 7.11 Å². The maximum atomic E-state index is 12.5. The third-order valence-electron chi connectivity index (χ3n) is 6.69. The fourth-order valence-electron chi connectivity index (χ4n) is 4.96. The monoisotopic (exact) mass is 427 g/mol. The average Bonchev–Trinajstić information content (AvgIpc) is 3.38. The van der Waals surface area contributed by atoms with E-state index in [1.807, 2.05) is 24.4 Å². The van der Waals surface area contributed by atoms with Crippen LogP contribution in [0.4, 0.5) is 0 Å². The Hall–Kier alpha value is -2.54. The molecule has 1 aromatic carbocycles. The van der Waals surface area contributed by atoms with Gasteiger partial charge in [0.05, 0.1) is 7.11 Å². The van der Waals surface area contributed by atoms with Crippen molar-refractivity contribution < 1.29 is 19.1 Å². The molecule has 1 aliphatic carbocycles. The molecule has 2 N–H and O–H groups in total. The summed E-state index contributed by atoms with van der Waals surface area (Å²) in [5.74, 6) is 1.70. The number of nitrogens with zero attached hydrogens (tertiary/aromatic N) is 1. The van der Waals surface area contributed by atoms with Crippen LogP contribution in [0.5, 0.6) is 11.5 Å². The van der Waals surface area contributed by atoms with Crippen LogP contribution >= 0.6 is 0 Å². The van der Waals surface area contributed by atoms with E-state index in [0.717, 1.165) is 74.0 Å². The van der Waals surface area contributed by atoms with E-state index in [2.05, 4.69) is 10.3 Å². The second-order valence-electron chi connectivity index (χ2n) is 8.87. The zero-order valence-electron chi connectivity index (χ0n) is 18.4. The average molecular weight is 428 g/mol. The van der Waals surface area contributed by atoms with Crippen molar-refractivity contribution in [1.82, 2.24) is 15.2 Å². The molecular weight excluding hydrogens is 394 g/mol. The molecular formula is C24H33N3O4. The summed E-state index contributed by atoms with van der Waals surface area (Å²) < 4.78 is 11.2. The number of aromatic amines is 1. The van der Waals surface area contributed by atoms with Crippen LogP contribution in [-0.2, 0) is 9.59 Å². The lowest BCUT2D eigenvalue weighted by molar-refractivity contribution is -0.153. The van der Waals surface area contributed by atoms with Crippen molar-refractivity contribution in [2.45, 2.75) is 51.4 Å². The first-order valence-corrected chi connectivity index (χ1v) is 11.4. The standard InChI is InChI=1S/C24H33N3O4/c1-30-18-6-7-20-19(14-18)21(17-26-20)31-13-11-25-10-4-5-12-27-22(28)15-24(16-23(27)29)8-2-3-9-24/h6-7,14,17,25-26H,2-5,8-13,15-16H2,1H3. The summed E-state index contributed by atoms with van der Waals surface area (Å²) >= 11 is 0. The van der Waals surface area contributed by atoms with E-state index in [4.69, 9.17) is 9.47 Å². The Morgan fingerprint density at radius 3 is 2.61 bits per heavy atom. The van der Waals surface area contributed by atoms with E-state index in [0.29, 0.717) is 26.0 Å². The molecule has 2 aromatic rings. The molecule has 1 aromatic heterocycles. The number of ether oxygens (including phenoxy) is 2. The number of nitrogens with one attached hydrogen (secondary N) is 2. The van der Waals surface area contributed by atoms with Crippen molar-refractivity contribution in [2.75, 3.05) is 33.4 Å². The number of likely N-dealkylation sites (tertiary alicyclic amines) is 1. The summed E-state index contributed by atoms with van der Waals surface area (Å²) in [6.45, 7) is 2.68. The Labute approximate surface area is 183 Å². The summed E-state index contributed by atoms with van der Waals surface area (Å²) in [7, 11) is 1.65. The molecule has 0 unspecified atom stereocenters. The zero-order chi connectivity index (χ0) is 21.7. The van der Waals surface area contributed by atoms with Gasteiger partial charge < -0.3 is 19.8 Å². The Balaban J connectivity index is 1.11. The van der Waals surface area contributed by atoms with Gasteiger partial charge in [-0.2, -0.15) is 0 Å². The van der Waals surface area contributed by atoms with Gasteiger partial charge >= 0.3 is 0 Å². The number of carbonyl (C=O) groups excluding carboxylic acids is 2. The summed E-state index contributed by atoms with van der Waals surface area (Å²) in [6.07, 6.45) is 9.14. The number of rotatable bonds is 10. The Morgan fingerprint density at radius 1 is 1.10 bits per heavy atom. The number of hydrogen-bond donors (Lipinski definition) is 2. The molecule has 2 amide bonds. The summed E-state index contributed by atoms with van der Waals surface area (Å²) in [4.78, 5) is 29.7. The van der Waals surface area contributed by atoms with Gasteiger partial charge in [0.2, 0.25) is 11.8 Å². The topological polar surface area (TPSA) is 83.7 Å². The molecule has 0 radical (unpaired) electrons. The second kappa shape index (κ2) is 9.73. The minimum atomic E-state index is -0.0118. The van der Waals surface area contributed by atoms with Crippen LogP contribution < -0.4 is 14.8 Å². The van der Waals surface area contributed by atoms with Crippen molar-refractivity contribution in [2.24, 2.45) is 5.41 Å². The highest BCUT2D eigenvalue weighted by Gasteiger charge is 2.44. The van der Waals surface area contributed by atoms with Gasteiger partial charge in [-0.25, -0.2) is 0 Å². The third-order valence-corrected chi connectivity index (χ3v) is 6.69. The van der Waals surface area contributed by atoms with Gasteiger partial charge in [0.25, 0.3) is 0 Å². The summed E-state index contributed by atoms with van der Waals surface area (Å²) in [5.41, 5.74) is 1.01. The molecule has 2 aliphatic rings. The van der Waals surface area contributed by atoms with E-state index >= 15 is 0 Å². The number of carbonyl (C=O) groups is 2. The van der Waals surface area contributed by atoms with Crippen molar-refractivity contribution in [1.29, 1.82) is 0 Å². The van der Waals surface area contributed by atoms with E-state index in [1.165, 1.54) is 4.90 Å². The second-order valence-corrected chi connectivity index (χ2v) is 8.87. The number of hydrogen-bond acceptors (Lipinski definition) is 5. The quantitative estimate of drug-likeness (QED) is 0.447. The van der Waals surface area contributed by atoms with Gasteiger partial charge in [0, 0.05) is 43.0 Å². The molecule has 1 saturated carbocycles. The lowest BCUT2D eigenvalue weighted by Crippen LogP contribution is -2.47. The first kappa shape index (κ1) is 21.7.